The molecule has 0 radical (unpaired) electrons. The number of rotatable bonds is 14. The molecule has 39 heavy (non-hydrogen) atoms. The van der Waals surface area contributed by atoms with Crippen LogP contribution in [-0.4, -0.2) is 32.4 Å². The molecular weight excluding hydrogens is 508 g/mol. The highest BCUT2D eigenvalue weighted by atomic mass is 32.1. The zero-order valence-electron chi connectivity index (χ0n) is 22.7. The van der Waals surface area contributed by atoms with Crippen LogP contribution in [-0.2, 0) is 24.4 Å². The molecule has 0 atom stereocenters. The highest BCUT2D eigenvalue weighted by Gasteiger charge is 2.20. The maximum absolute atomic E-state index is 5.87. The summed E-state index contributed by atoms with van der Waals surface area (Å²) in [6.07, 6.45) is 3.95. The lowest BCUT2D eigenvalue weighted by molar-refractivity contribution is 0.0872. The fourth-order valence-corrected chi connectivity index (χ4v) is 5.49. The number of hydrogen-bond acceptors (Lipinski definition) is 7. The summed E-state index contributed by atoms with van der Waals surface area (Å²) in [5.74, 6) is 3.12. The van der Waals surface area contributed by atoms with Crippen LogP contribution in [0.2, 0.25) is 0 Å². The fourth-order valence-electron chi connectivity index (χ4n) is 4.68. The molecule has 1 aromatic heterocycles. The number of benzene rings is 3. The van der Waals surface area contributed by atoms with Crippen LogP contribution in [0.3, 0.4) is 0 Å². The smallest absolute Gasteiger partial charge is 0.186 e. The molecule has 1 saturated carbocycles. The van der Waals surface area contributed by atoms with Crippen molar-refractivity contribution in [3.05, 3.63) is 101 Å². The largest absolute Gasteiger partial charge is 0.497 e. The van der Waals surface area contributed by atoms with Gasteiger partial charge in [-0.1, -0.05) is 48.9 Å². The zero-order chi connectivity index (χ0) is 26.9. The van der Waals surface area contributed by atoms with Crippen molar-refractivity contribution in [2.75, 3.05) is 32.3 Å². The average Bonchev–Trinajstić information content (AvgIpc) is 3.41. The van der Waals surface area contributed by atoms with E-state index in [1.54, 1.807) is 25.6 Å². The van der Waals surface area contributed by atoms with Crippen LogP contribution in [0.25, 0.3) is 0 Å². The second kappa shape index (κ2) is 13.5. The van der Waals surface area contributed by atoms with Crippen LogP contribution in [0, 0.1) is 0 Å². The standard InChI is InChI=1S/C32H36N2O4S/c1-35-29-12-4-8-25(18-29)21-34(20-24-7-3-11-27(17-24)26-9-5-10-26)32-33-28(23-39-32)22-37-15-16-38-31-14-6-13-30(19-31)36-2/h3-4,6-8,11-14,17-19,23,26H,5,9-10,15-16,20-22H2,1-2H3. The SMILES string of the molecule is COc1cccc(CN(Cc2cccc(C3CCC3)c2)c2nc(COCCOc3cccc(OC)c3)cs2)c1. The Morgan fingerprint density at radius 1 is 0.821 bits per heavy atom. The lowest BCUT2D eigenvalue weighted by Crippen LogP contribution is -2.22. The molecule has 0 aliphatic heterocycles. The normalized spacial score (nSPS) is 13.1. The summed E-state index contributed by atoms with van der Waals surface area (Å²) in [5, 5.41) is 3.07. The van der Waals surface area contributed by atoms with Gasteiger partial charge in [-0.2, -0.15) is 0 Å². The Labute approximate surface area is 235 Å². The molecule has 4 aromatic rings. The molecule has 6 nitrogen and oxygen atoms in total. The average molecular weight is 545 g/mol. The Kier molecular flexibility index (Phi) is 9.35. The number of ether oxygens (including phenoxy) is 4. The summed E-state index contributed by atoms with van der Waals surface area (Å²) in [6.45, 7) is 2.92. The van der Waals surface area contributed by atoms with Crippen molar-refractivity contribution in [2.45, 2.75) is 44.9 Å². The molecule has 7 heteroatoms. The van der Waals surface area contributed by atoms with E-state index in [0.717, 1.165) is 41.2 Å². The van der Waals surface area contributed by atoms with Crippen molar-refractivity contribution >= 4 is 16.5 Å². The Bertz CT molecular complexity index is 1340. The van der Waals surface area contributed by atoms with Crippen LogP contribution >= 0.6 is 11.3 Å². The Morgan fingerprint density at radius 2 is 1.51 bits per heavy atom. The molecular formula is C32H36N2O4S. The first kappa shape index (κ1) is 27.0. The van der Waals surface area contributed by atoms with Gasteiger partial charge in [0, 0.05) is 24.5 Å². The van der Waals surface area contributed by atoms with Crippen LogP contribution in [0.15, 0.2) is 78.2 Å². The van der Waals surface area contributed by atoms with Gasteiger partial charge in [0.2, 0.25) is 0 Å². The molecule has 0 bridgehead atoms. The molecule has 0 spiro atoms. The van der Waals surface area contributed by atoms with Crippen molar-refractivity contribution in [3.63, 3.8) is 0 Å². The van der Waals surface area contributed by atoms with Crippen LogP contribution in [0.4, 0.5) is 5.13 Å². The molecule has 1 heterocycles. The van der Waals surface area contributed by atoms with Crippen molar-refractivity contribution in [2.24, 2.45) is 0 Å². The third-order valence-corrected chi connectivity index (χ3v) is 7.96. The van der Waals surface area contributed by atoms with E-state index >= 15 is 0 Å². The molecule has 3 aromatic carbocycles. The number of thiazole rings is 1. The summed E-state index contributed by atoms with van der Waals surface area (Å²) in [6, 6.07) is 24.9. The number of anilines is 1. The number of nitrogens with zero attached hydrogens (tertiary/aromatic N) is 2. The van der Waals surface area contributed by atoms with Crippen molar-refractivity contribution < 1.29 is 18.9 Å². The van der Waals surface area contributed by atoms with E-state index in [9.17, 15) is 0 Å². The summed E-state index contributed by atoms with van der Waals surface area (Å²) in [5.41, 5.74) is 4.89. The maximum atomic E-state index is 5.87. The van der Waals surface area contributed by atoms with E-state index < -0.39 is 0 Å². The first-order valence-corrected chi connectivity index (χ1v) is 14.3. The second-order valence-electron chi connectivity index (χ2n) is 9.78. The van der Waals surface area contributed by atoms with E-state index in [1.165, 1.54) is 36.0 Å². The van der Waals surface area contributed by atoms with E-state index in [4.69, 9.17) is 23.9 Å². The highest BCUT2D eigenvalue weighted by Crippen LogP contribution is 2.37. The van der Waals surface area contributed by atoms with Gasteiger partial charge in [-0.15, -0.1) is 11.3 Å². The predicted molar refractivity (Wildman–Crippen MR) is 156 cm³/mol. The van der Waals surface area contributed by atoms with Crippen LogP contribution in [0.5, 0.6) is 17.2 Å². The van der Waals surface area contributed by atoms with Gasteiger partial charge in [0.1, 0.15) is 23.9 Å². The number of aromatic nitrogens is 1. The third kappa shape index (κ3) is 7.52. The molecule has 5 rings (SSSR count). The van der Waals surface area contributed by atoms with Crippen molar-refractivity contribution in [1.29, 1.82) is 0 Å². The Morgan fingerprint density at radius 3 is 2.26 bits per heavy atom. The zero-order valence-corrected chi connectivity index (χ0v) is 23.5. The summed E-state index contributed by atoms with van der Waals surface area (Å²) < 4.78 is 22.4. The van der Waals surface area contributed by atoms with Gasteiger partial charge in [-0.3, -0.25) is 0 Å². The van der Waals surface area contributed by atoms with Gasteiger partial charge >= 0.3 is 0 Å². The molecule has 0 amide bonds. The monoisotopic (exact) mass is 544 g/mol. The van der Waals surface area contributed by atoms with Gasteiger partial charge in [-0.25, -0.2) is 4.98 Å². The molecule has 1 aliphatic rings. The van der Waals surface area contributed by atoms with Gasteiger partial charge in [0.05, 0.1) is 33.1 Å². The van der Waals surface area contributed by atoms with Gasteiger partial charge in [-0.05, 0) is 59.7 Å². The summed E-state index contributed by atoms with van der Waals surface area (Å²) >= 11 is 1.66. The number of hydrogen-bond donors (Lipinski definition) is 0. The lowest BCUT2D eigenvalue weighted by Gasteiger charge is -2.27. The topological polar surface area (TPSA) is 53.1 Å². The first-order valence-electron chi connectivity index (χ1n) is 13.5. The minimum Gasteiger partial charge on any atom is -0.497 e. The van der Waals surface area contributed by atoms with Crippen LogP contribution in [0.1, 0.15) is 47.6 Å². The summed E-state index contributed by atoms with van der Waals surface area (Å²) in [7, 11) is 3.35. The van der Waals surface area contributed by atoms with E-state index in [-0.39, 0.29) is 0 Å². The van der Waals surface area contributed by atoms with E-state index in [2.05, 4.69) is 46.7 Å². The van der Waals surface area contributed by atoms with E-state index in [1.807, 2.05) is 36.4 Å². The molecule has 0 N–H and O–H groups in total. The third-order valence-electron chi connectivity index (χ3n) is 7.01. The quantitative estimate of drug-likeness (QED) is 0.156. The van der Waals surface area contributed by atoms with Crippen molar-refractivity contribution in [3.8, 4) is 17.2 Å². The van der Waals surface area contributed by atoms with Crippen molar-refractivity contribution in [1.82, 2.24) is 4.98 Å². The fraction of sp³-hybridized carbons (Fsp3) is 0.344. The molecule has 0 unspecified atom stereocenters. The number of methoxy groups -OCH3 is 2. The summed E-state index contributed by atoms with van der Waals surface area (Å²) in [4.78, 5) is 7.28. The lowest BCUT2D eigenvalue weighted by atomic mass is 9.80. The Balaban J connectivity index is 1.22. The second-order valence-corrected chi connectivity index (χ2v) is 10.6. The van der Waals surface area contributed by atoms with E-state index in [0.29, 0.717) is 25.7 Å². The molecule has 204 valence electrons. The van der Waals surface area contributed by atoms with Crippen LogP contribution < -0.4 is 19.1 Å². The molecule has 0 saturated heterocycles. The van der Waals surface area contributed by atoms with Gasteiger partial charge < -0.3 is 23.8 Å². The first-order chi connectivity index (χ1) is 19.2. The maximum Gasteiger partial charge on any atom is 0.186 e. The van der Waals surface area contributed by atoms with Gasteiger partial charge in [0.25, 0.3) is 0 Å². The minimum absolute atomic E-state index is 0.447. The van der Waals surface area contributed by atoms with Gasteiger partial charge in [0.15, 0.2) is 5.13 Å². The Hall–Kier alpha value is -3.55. The predicted octanol–water partition coefficient (Wildman–Crippen LogP) is 7.23. The molecule has 1 fully saturated rings. The minimum atomic E-state index is 0.447. The highest BCUT2D eigenvalue weighted by molar-refractivity contribution is 7.13. The molecule has 1 aliphatic carbocycles.